The number of carbonyl (C=O) groups is 1. The first-order valence-corrected chi connectivity index (χ1v) is 7.04. The largest absolute Gasteiger partial charge is 0.469 e. The number of hydrogen-bond donors (Lipinski definition) is 0. The van der Waals surface area contributed by atoms with Crippen LogP contribution in [-0.4, -0.2) is 13.1 Å². The number of methoxy groups -OCH3 is 1. The quantitative estimate of drug-likeness (QED) is 0.747. The summed E-state index contributed by atoms with van der Waals surface area (Å²) in [5.74, 6) is 0.625. The van der Waals surface area contributed by atoms with Crippen molar-refractivity contribution in [3.63, 3.8) is 0 Å². The Labute approximate surface area is 117 Å². The molecule has 0 saturated carbocycles. The lowest BCUT2D eigenvalue weighted by Crippen LogP contribution is -2.24. The van der Waals surface area contributed by atoms with Crippen molar-refractivity contribution in [3.8, 4) is 0 Å². The Morgan fingerprint density at radius 3 is 2.32 bits per heavy atom. The van der Waals surface area contributed by atoms with Crippen LogP contribution in [0.2, 0.25) is 0 Å². The third-order valence-corrected chi connectivity index (χ3v) is 3.79. The van der Waals surface area contributed by atoms with Gasteiger partial charge < -0.3 is 4.74 Å². The van der Waals surface area contributed by atoms with Crippen LogP contribution in [0.25, 0.3) is 0 Å². The lowest BCUT2D eigenvalue weighted by atomic mass is 9.86. The van der Waals surface area contributed by atoms with Crippen molar-refractivity contribution < 1.29 is 9.53 Å². The number of ether oxygens (including phenoxy) is 1. The Kier molecular flexibility index (Phi) is 5.59. The maximum Gasteiger partial charge on any atom is 0.309 e. The van der Waals surface area contributed by atoms with E-state index in [4.69, 9.17) is 4.74 Å². The fourth-order valence-corrected chi connectivity index (χ4v) is 2.25. The van der Waals surface area contributed by atoms with Crippen molar-refractivity contribution in [2.45, 2.75) is 47.0 Å². The lowest BCUT2D eigenvalue weighted by Gasteiger charge is -2.20. The van der Waals surface area contributed by atoms with Crippen molar-refractivity contribution in [1.29, 1.82) is 0 Å². The molecule has 0 aliphatic rings. The van der Waals surface area contributed by atoms with Gasteiger partial charge in [-0.3, -0.25) is 4.79 Å². The summed E-state index contributed by atoms with van der Waals surface area (Å²) in [6.07, 6.45) is 0.761. The summed E-state index contributed by atoms with van der Waals surface area (Å²) in [5.41, 5.74) is 3.84. The van der Waals surface area contributed by atoms with Crippen LogP contribution in [0.1, 0.15) is 50.3 Å². The fraction of sp³-hybridized carbons (Fsp3) is 0.588. The van der Waals surface area contributed by atoms with Gasteiger partial charge in [-0.2, -0.15) is 0 Å². The van der Waals surface area contributed by atoms with Crippen LogP contribution >= 0.6 is 0 Å². The smallest absolute Gasteiger partial charge is 0.309 e. The van der Waals surface area contributed by atoms with Gasteiger partial charge in [0.1, 0.15) is 0 Å². The summed E-state index contributed by atoms with van der Waals surface area (Å²) in [6.45, 7) is 10.6. The van der Waals surface area contributed by atoms with E-state index in [9.17, 15) is 4.79 Å². The average molecular weight is 262 g/mol. The second-order valence-corrected chi connectivity index (χ2v) is 5.92. The highest BCUT2D eigenvalue weighted by atomic mass is 16.5. The van der Waals surface area contributed by atoms with Gasteiger partial charge in [0, 0.05) is 0 Å². The Morgan fingerprint density at radius 2 is 1.84 bits per heavy atom. The predicted octanol–water partition coefficient (Wildman–Crippen LogP) is 4.11. The van der Waals surface area contributed by atoms with Crippen LogP contribution in [0.3, 0.4) is 0 Å². The summed E-state index contributed by atoms with van der Waals surface area (Å²) in [7, 11) is 1.47. The number of esters is 1. The molecule has 0 heterocycles. The second kappa shape index (κ2) is 6.74. The highest BCUT2D eigenvalue weighted by molar-refractivity contribution is 5.73. The molecule has 19 heavy (non-hydrogen) atoms. The minimum Gasteiger partial charge on any atom is -0.469 e. The van der Waals surface area contributed by atoms with Crippen molar-refractivity contribution in [1.82, 2.24) is 0 Å². The number of benzene rings is 1. The summed E-state index contributed by atoms with van der Waals surface area (Å²) in [6, 6.07) is 6.56. The zero-order chi connectivity index (χ0) is 14.6. The Bertz CT molecular complexity index is 433. The monoisotopic (exact) mass is 262 g/mol. The molecule has 0 radical (unpaired) electrons. The third kappa shape index (κ3) is 4.09. The van der Waals surface area contributed by atoms with E-state index in [0.717, 1.165) is 6.42 Å². The van der Waals surface area contributed by atoms with Gasteiger partial charge in [0.25, 0.3) is 0 Å². The molecule has 0 aliphatic carbocycles. The number of rotatable bonds is 5. The molecule has 1 atom stereocenters. The SMILES string of the molecule is COC(=O)C(Cc1cc(C(C)C)ccc1C)C(C)C. The third-order valence-electron chi connectivity index (χ3n) is 3.79. The number of aryl methyl sites for hydroxylation is 1. The van der Waals surface area contributed by atoms with Gasteiger partial charge in [-0.1, -0.05) is 45.9 Å². The van der Waals surface area contributed by atoms with Crippen LogP contribution in [0.5, 0.6) is 0 Å². The summed E-state index contributed by atoms with van der Waals surface area (Å²) in [5, 5.41) is 0. The van der Waals surface area contributed by atoms with Crippen LogP contribution in [0.4, 0.5) is 0 Å². The van der Waals surface area contributed by atoms with E-state index in [1.165, 1.54) is 23.8 Å². The molecule has 106 valence electrons. The zero-order valence-electron chi connectivity index (χ0n) is 13.0. The fourth-order valence-electron chi connectivity index (χ4n) is 2.25. The maximum absolute atomic E-state index is 11.9. The Balaban J connectivity index is 3.02. The molecule has 0 spiro atoms. The first-order chi connectivity index (χ1) is 8.86. The molecule has 0 N–H and O–H groups in total. The Morgan fingerprint density at radius 1 is 1.21 bits per heavy atom. The molecule has 1 aromatic rings. The normalized spacial score (nSPS) is 12.8. The Hall–Kier alpha value is -1.31. The summed E-state index contributed by atoms with van der Waals surface area (Å²) < 4.78 is 4.92. The lowest BCUT2D eigenvalue weighted by molar-refractivity contribution is -0.146. The molecule has 0 fully saturated rings. The molecule has 1 rings (SSSR count). The minimum absolute atomic E-state index is 0.0638. The van der Waals surface area contributed by atoms with Crippen LogP contribution in [0, 0.1) is 18.8 Å². The van der Waals surface area contributed by atoms with Crippen molar-refractivity contribution in [2.75, 3.05) is 7.11 Å². The highest BCUT2D eigenvalue weighted by Gasteiger charge is 2.24. The summed E-state index contributed by atoms with van der Waals surface area (Å²) >= 11 is 0. The van der Waals surface area contributed by atoms with Crippen LogP contribution in [-0.2, 0) is 16.0 Å². The van der Waals surface area contributed by atoms with Gasteiger partial charge in [0.15, 0.2) is 0 Å². The maximum atomic E-state index is 11.9. The molecule has 0 saturated heterocycles. The number of hydrogen-bond acceptors (Lipinski definition) is 2. The van der Waals surface area contributed by atoms with Gasteiger partial charge in [-0.25, -0.2) is 0 Å². The van der Waals surface area contributed by atoms with Crippen molar-refractivity contribution >= 4 is 5.97 Å². The standard InChI is InChI=1S/C17H26O2/c1-11(2)14-8-7-13(5)15(9-14)10-16(12(3)4)17(18)19-6/h7-9,11-12,16H,10H2,1-6H3. The van der Waals surface area contributed by atoms with E-state index >= 15 is 0 Å². The number of carbonyl (C=O) groups excluding carboxylic acids is 1. The van der Waals surface area contributed by atoms with Crippen LogP contribution < -0.4 is 0 Å². The van der Waals surface area contributed by atoms with E-state index in [2.05, 4.69) is 52.8 Å². The van der Waals surface area contributed by atoms with Crippen molar-refractivity contribution in [2.24, 2.45) is 11.8 Å². The molecule has 0 bridgehead atoms. The van der Waals surface area contributed by atoms with Gasteiger partial charge >= 0.3 is 5.97 Å². The van der Waals surface area contributed by atoms with E-state index in [1.54, 1.807) is 0 Å². The first-order valence-electron chi connectivity index (χ1n) is 7.04. The van der Waals surface area contributed by atoms with E-state index in [0.29, 0.717) is 5.92 Å². The molecule has 2 nitrogen and oxygen atoms in total. The second-order valence-electron chi connectivity index (χ2n) is 5.92. The van der Waals surface area contributed by atoms with E-state index in [1.807, 2.05) is 0 Å². The van der Waals surface area contributed by atoms with Gasteiger partial charge in [0.05, 0.1) is 13.0 Å². The average Bonchev–Trinajstić information content (AvgIpc) is 2.36. The molecular formula is C17H26O2. The highest BCUT2D eigenvalue weighted by Crippen LogP contribution is 2.24. The van der Waals surface area contributed by atoms with E-state index < -0.39 is 0 Å². The molecular weight excluding hydrogens is 236 g/mol. The van der Waals surface area contributed by atoms with E-state index in [-0.39, 0.29) is 17.8 Å². The molecule has 0 aliphatic heterocycles. The van der Waals surface area contributed by atoms with Gasteiger partial charge in [-0.15, -0.1) is 0 Å². The summed E-state index contributed by atoms with van der Waals surface area (Å²) in [4.78, 5) is 11.9. The zero-order valence-corrected chi connectivity index (χ0v) is 13.0. The van der Waals surface area contributed by atoms with Crippen molar-refractivity contribution in [3.05, 3.63) is 34.9 Å². The predicted molar refractivity (Wildman–Crippen MR) is 79.3 cm³/mol. The molecule has 1 unspecified atom stereocenters. The van der Waals surface area contributed by atoms with Gasteiger partial charge in [0.2, 0.25) is 0 Å². The van der Waals surface area contributed by atoms with Gasteiger partial charge in [-0.05, 0) is 41.9 Å². The minimum atomic E-state index is -0.107. The first kappa shape index (κ1) is 15.7. The molecule has 1 aromatic carbocycles. The molecule has 2 heteroatoms. The van der Waals surface area contributed by atoms with Crippen LogP contribution in [0.15, 0.2) is 18.2 Å². The molecule has 0 aromatic heterocycles. The molecule has 0 amide bonds. The topological polar surface area (TPSA) is 26.3 Å².